The van der Waals surface area contributed by atoms with Crippen LogP contribution in [0, 0.1) is 0 Å². The number of unbranched alkanes of at least 4 members (excludes halogenated alkanes) is 1. The molecule has 0 unspecified atom stereocenters. The quantitative estimate of drug-likeness (QED) is 0.562. The average molecular weight is 426 g/mol. The standard InChI is InChI=1S/C23H31N5O3/c1-22(2,3)31-21(30)28-23(15-17-9-4-5-10-18(17)16-23)19(29)24-11-6-7-12-25-20-26-13-8-14-27-20/h4-5,8-10,13-14H,6-7,11-12,15-16H2,1-3H3,(H,24,29)(H,28,30)(H,25,26,27). The molecule has 0 spiro atoms. The molecule has 0 saturated heterocycles. The molecule has 1 aliphatic rings. The maximum absolute atomic E-state index is 13.2. The summed E-state index contributed by atoms with van der Waals surface area (Å²) in [6, 6.07) is 9.66. The lowest BCUT2D eigenvalue weighted by Crippen LogP contribution is -2.60. The summed E-state index contributed by atoms with van der Waals surface area (Å²) in [7, 11) is 0. The number of hydrogen-bond acceptors (Lipinski definition) is 6. The monoisotopic (exact) mass is 425 g/mol. The largest absolute Gasteiger partial charge is 0.444 e. The van der Waals surface area contributed by atoms with Crippen molar-refractivity contribution in [3.8, 4) is 0 Å². The number of fused-ring (bicyclic) bond motifs is 1. The summed E-state index contributed by atoms with van der Waals surface area (Å²) >= 11 is 0. The second kappa shape index (κ2) is 9.76. The van der Waals surface area contributed by atoms with E-state index in [2.05, 4.69) is 25.9 Å². The van der Waals surface area contributed by atoms with Gasteiger partial charge >= 0.3 is 6.09 Å². The number of carbonyl (C=O) groups is 2. The molecule has 3 N–H and O–H groups in total. The van der Waals surface area contributed by atoms with Crippen LogP contribution < -0.4 is 16.0 Å². The van der Waals surface area contributed by atoms with Gasteiger partial charge in [-0.25, -0.2) is 14.8 Å². The van der Waals surface area contributed by atoms with E-state index < -0.39 is 17.2 Å². The molecule has 0 bridgehead atoms. The number of nitrogens with zero attached hydrogens (tertiary/aromatic N) is 2. The fourth-order valence-corrected chi connectivity index (χ4v) is 3.63. The van der Waals surface area contributed by atoms with Crippen LogP contribution in [0.25, 0.3) is 0 Å². The van der Waals surface area contributed by atoms with Gasteiger partial charge in [-0.15, -0.1) is 0 Å². The molecule has 31 heavy (non-hydrogen) atoms. The summed E-state index contributed by atoms with van der Waals surface area (Å²) in [4.78, 5) is 33.9. The van der Waals surface area contributed by atoms with E-state index >= 15 is 0 Å². The van der Waals surface area contributed by atoms with Crippen molar-refractivity contribution in [3.05, 3.63) is 53.9 Å². The Morgan fingerprint density at radius 1 is 1.00 bits per heavy atom. The SMILES string of the molecule is CC(C)(C)OC(=O)NC1(C(=O)NCCCCNc2ncccn2)Cc2ccccc2C1. The van der Waals surface area contributed by atoms with Crippen LogP contribution in [0.2, 0.25) is 0 Å². The van der Waals surface area contributed by atoms with Gasteiger partial charge in [-0.1, -0.05) is 24.3 Å². The fourth-order valence-electron chi connectivity index (χ4n) is 3.63. The predicted octanol–water partition coefficient (Wildman–Crippen LogP) is 2.85. The van der Waals surface area contributed by atoms with E-state index in [1.807, 2.05) is 24.3 Å². The number of ether oxygens (including phenoxy) is 1. The van der Waals surface area contributed by atoms with Crippen LogP contribution >= 0.6 is 0 Å². The zero-order valence-electron chi connectivity index (χ0n) is 18.4. The number of carbonyl (C=O) groups excluding carboxylic acids is 2. The average Bonchev–Trinajstić information content (AvgIpc) is 3.08. The van der Waals surface area contributed by atoms with Crippen molar-refractivity contribution in [2.24, 2.45) is 0 Å². The minimum Gasteiger partial charge on any atom is -0.444 e. The summed E-state index contributed by atoms with van der Waals surface area (Å²) in [5.74, 6) is 0.407. The molecule has 8 heteroatoms. The number of rotatable bonds is 8. The van der Waals surface area contributed by atoms with Gasteiger partial charge in [-0.3, -0.25) is 4.79 Å². The van der Waals surface area contributed by atoms with Crippen LogP contribution in [-0.2, 0) is 22.4 Å². The molecule has 8 nitrogen and oxygen atoms in total. The van der Waals surface area contributed by atoms with Crippen molar-refractivity contribution >= 4 is 17.9 Å². The van der Waals surface area contributed by atoms with E-state index in [1.165, 1.54) is 0 Å². The molecule has 0 atom stereocenters. The summed E-state index contributed by atoms with van der Waals surface area (Å²) in [5.41, 5.74) is 0.465. The van der Waals surface area contributed by atoms with Gasteiger partial charge in [0, 0.05) is 38.3 Å². The Balaban J connectivity index is 1.54. The minimum absolute atomic E-state index is 0.186. The highest BCUT2D eigenvalue weighted by Crippen LogP contribution is 2.30. The first-order valence-electron chi connectivity index (χ1n) is 10.6. The first kappa shape index (κ1) is 22.5. The molecule has 3 rings (SSSR count). The second-order valence-corrected chi connectivity index (χ2v) is 8.79. The number of benzene rings is 1. The predicted molar refractivity (Wildman–Crippen MR) is 119 cm³/mol. The van der Waals surface area contributed by atoms with Gasteiger partial charge in [0.15, 0.2) is 0 Å². The number of aromatic nitrogens is 2. The Hall–Kier alpha value is -3.16. The van der Waals surface area contributed by atoms with Gasteiger partial charge < -0.3 is 20.7 Å². The van der Waals surface area contributed by atoms with E-state index in [4.69, 9.17) is 4.74 Å². The van der Waals surface area contributed by atoms with Crippen molar-refractivity contribution in [1.82, 2.24) is 20.6 Å². The zero-order valence-corrected chi connectivity index (χ0v) is 18.4. The van der Waals surface area contributed by atoms with Gasteiger partial charge in [0.2, 0.25) is 11.9 Å². The highest BCUT2D eigenvalue weighted by Gasteiger charge is 2.45. The molecule has 0 saturated carbocycles. The summed E-state index contributed by atoms with van der Waals surface area (Å²) in [6.07, 6.45) is 5.33. The zero-order chi connectivity index (χ0) is 22.3. The summed E-state index contributed by atoms with van der Waals surface area (Å²) < 4.78 is 5.42. The maximum atomic E-state index is 13.2. The number of anilines is 1. The molecule has 0 radical (unpaired) electrons. The van der Waals surface area contributed by atoms with E-state index in [0.29, 0.717) is 31.9 Å². The Labute approximate surface area is 183 Å². The van der Waals surface area contributed by atoms with Crippen LogP contribution in [-0.4, -0.2) is 46.2 Å². The van der Waals surface area contributed by atoms with Crippen molar-refractivity contribution < 1.29 is 14.3 Å². The fraction of sp³-hybridized carbons (Fsp3) is 0.478. The lowest BCUT2D eigenvalue weighted by Gasteiger charge is -2.30. The minimum atomic E-state index is -1.04. The van der Waals surface area contributed by atoms with Gasteiger partial charge in [-0.2, -0.15) is 0 Å². The molecular weight excluding hydrogens is 394 g/mol. The maximum Gasteiger partial charge on any atom is 0.408 e. The Bertz CT molecular complexity index is 871. The molecule has 166 valence electrons. The third-order valence-corrected chi connectivity index (χ3v) is 5.02. The molecule has 2 amide bonds. The van der Waals surface area contributed by atoms with Gasteiger partial charge in [-0.05, 0) is 50.8 Å². The van der Waals surface area contributed by atoms with Crippen molar-refractivity contribution in [2.45, 2.75) is 57.6 Å². The summed E-state index contributed by atoms with van der Waals surface area (Å²) in [5, 5.41) is 9.01. The molecule has 1 heterocycles. The second-order valence-electron chi connectivity index (χ2n) is 8.79. The number of nitrogens with one attached hydrogen (secondary N) is 3. The van der Waals surface area contributed by atoms with Crippen LogP contribution in [0.3, 0.4) is 0 Å². The topological polar surface area (TPSA) is 105 Å². The Kier molecular flexibility index (Phi) is 7.09. The van der Waals surface area contributed by atoms with Gasteiger partial charge in [0.25, 0.3) is 0 Å². The van der Waals surface area contributed by atoms with Crippen LogP contribution in [0.5, 0.6) is 0 Å². The molecule has 1 aromatic carbocycles. The molecule has 1 aromatic heterocycles. The highest BCUT2D eigenvalue weighted by atomic mass is 16.6. The first-order valence-corrected chi connectivity index (χ1v) is 10.6. The molecular formula is C23H31N5O3. The van der Waals surface area contributed by atoms with Crippen LogP contribution in [0.15, 0.2) is 42.7 Å². The molecule has 1 aliphatic carbocycles. The molecule has 2 aromatic rings. The highest BCUT2D eigenvalue weighted by molar-refractivity contribution is 5.91. The van der Waals surface area contributed by atoms with Gasteiger partial charge in [0.05, 0.1) is 0 Å². The number of hydrogen-bond donors (Lipinski definition) is 3. The Morgan fingerprint density at radius 2 is 1.61 bits per heavy atom. The summed E-state index contributed by atoms with van der Waals surface area (Å²) in [6.45, 7) is 6.64. The van der Waals surface area contributed by atoms with Crippen molar-refractivity contribution in [1.29, 1.82) is 0 Å². The van der Waals surface area contributed by atoms with E-state index in [0.717, 1.165) is 24.0 Å². The van der Waals surface area contributed by atoms with E-state index in [-0.39, 0.29) is 5.91 Å². The van der Waals surface area contributed by atoms with Crippen LogP contribution in [0.4, 0.5) is 10.7 Å². The number of amides is 2. The smallest absolute Gasteiger partial charge is 0.408 e. The van der Waals surface area contributed by atoms with Gasteiger partial charge in [0.1, 0.15) is 11.1 Å². The molecule has 0 aliphatic heterocycles. The normalized spacial score (nSPS) is 14.4. The van der Waals surface area contributed by atoms with E-state index in [9.17, 15) is 9.59 Å². The van der Waals surface area contributed by atoms with Crippen LogP contribution in [0.1, 0.15) is 44.7 Å². The third kappa shape index (κ3) is 6.41. The lowest BCUT2D eigenvalue weighted by atomic mass is 9.94. The lowest BCUT2D eigenvalue weighted by molar-refractivity contribution is -0.127. The van der Waals surface area contributed by atoms with Crippen molar-refractivity contribution in [2.75, 3.05) is 18.4 Å². The third-order valence-electron chi connectivity index (χ3n) is 5.02. The van der Waals surface area contributed by atoms with E-state index in [1.54, 1.807) is 39.2 Å². The first-order chi connectivity index (χ1) is 14.8. The number of alkyl carbamates (subject to hydrolysis) is 1. The van der Waals surface area contributed by atoms with Crippen molar-refractivity contribution in [3.63, 3.8) is 0 Å². The molecule has 0 fully saturated rings. The Morgan fingerprint density at radius 3 is 2.23 bits per heavy atom.